The minimum absolute atomic E-state index is 0.0344. The van der Waals surface area contributed by atoms with E-state index in [9.17, 15) is 9.18 Å². The van der Waals surface area contributed by atoms with Gasteiger partial charge in [-0.15, -0.1) is 0 Å². The standard InChI is InChI=1S/C9H14Cl3FN2O2/c10-9(11,12)8(15-7(16)4-13)14-5-6-2-1-3-17-6/h6,8,14H,1-5H2,(H,15,16)/t6-,8-/m1/s1. The van der Waals surface area contributed by atoms with Crippen molar-refractivity contribution in [3.63, 3.8) is 0 Å². The molecule has 1 heterocycles. The highest BCUT2D eigenvalue weighted by Crippen LogP contribution is 2.29. The summed E-state index contributed by atoms with van der Waals surface area (Å²) in [5.41, 5.74) is 0. The van der Waals surface area contributed by atoms with Gasteiger partial charge in [-0.2, -0.15) is 0 Å². The molecule has 0 aromatic carbocycles. The van der Waals surface area contributed by atoms with E-state index in [1.807, 2.05) is 0 Å². The molecule has 0 saturated carbocycles. The van der Waals surface area contributed by atoms with Gasteiger partial charge in [0.1, 0.15) is 6.17 Å². The van der Waals surface area contributed by atoms with E-state index in [-0.39, 0.29) is 6.10 Å². The van der Waals surface area contributed by atoms with Gasteiger partial charge in [-0.05, 0) is 12.8 Å². The molecule has 1 amide bonds. The van der Waals surface area contributed by atoms with Gasteiger partial charge in [-0.1, -0.05) is 34.8 Å². The molecule has 1 saturated heterocycles. The van der Waals surface area contributed by atoms with Crippen LogP contribution in [0, 0.1) is 0 Å². The molecule has 2 atom stereocenters. The molecule has 1 rings (SSSR count). The third-order valence-corrected chi connectivity index (χ3v) is 2.98. The Morgan fingerprint density at radius 2 is 2.24 bits per heavy atom. The Hall–Kier alpha value is 0.190. The maximum absolute atomic E-state index is 12.1. The summed E-state index contributed by atoms with van der Waals surface area (Å²) in [6, 6.07) is 0. The van der Waals surface area contributed by atoms with Crippen molar-refractivity contribution in [3.05, 3.63) is 0 Å². The molecule has 100 valence electrons. The number of hydrogen-bond acceptors (Lipinski definition) is 3. The van der Waals surface area contributed by atoms with Crippen molar-refractivity contribution in [1.82, 2.24) is 10.6 Å². The first kappa shape index (κ1) is 15.2. The average molecular weight is 308 g/mol. The van der Waals surface area contributed by atoms with E-state index in [0.29, 0.717) is 13.2 Å². The summed E-state index contributed by atoms with van der Waals surface area (Å²) in [7, 11) is 0. The second-order valence-corrected chi connectivity index (χ2v) is 6.09. The molecule has 8 heteroatoms. The highest BCUT2D eigenvalue weighted by atomic mass is 35.6. The third kappa shape index (κ3) is 5.57. The fourth-order valence-corrected chi connectivity index (χ4v) is 1.90. The van der Waals surface area contributed by atoms with Gasteiger partial charge in [0.15, 0.2) is 6.67 Å². The highest BCUT2D eigenvalue weighted by Gasteiger charge is 2.34. The van der Waals surface area contributed by atoms with Crippen LogP contribution in [0.1, 0.15) is 12.8 Å². The van der Waals surface area contributed by atoms with Crippen molar-refractivity contribution in [2.45, 2.75) is 28.9 Å². The van der Waals surface area contributed by atoms with Gasteiger partial charge >= 0.3 is 0 Å². The molecule has 0 aliphatic carbocycles. The fraction of sp³-hybridized carbons (Fsp3) is 0.889. The van der Waals surface area contributed by atoms with E-state index >= 15 is 0 Å². The topological polar surface area (TPSA) is 50.4 Å². The van der Waals surface area contributed by atoms with E-state index in [4.69, 9.17) is 39.5 Å². The Kier molecular flexibility index (Phi) is 6.23. The molecule has 0 aromatic heterocycles. The monoisotopic (exact) mass is 306 g/mol. The van der Waals surface area contributed by atoms with Crippen LogP contribution in [0.25, 0.3) is 0 Å². The Morgan fingerprint density at radius 3 is 2.71 bits per heavy atom. The van der Waals surface area contributed by atoms with Gasteiger partial charge < -0.3 is 10.1 Å². The summed E-state index contributed by atoms with van der Waals surface area (Å²) in [5.74, 6) is -0.832. The van der Waals surface area contributed by atoms with Crippen LogP contribution in [0.4, 0.5) is 4.39 Å². The predicted molar refractivity (Wildman–Crippen MR) is 65.2 cm³/mol. The van der Waals surface area contributed by atoms with Gasteiger partial charge in [0.05, 0.1) is 6.10 Å². The first-order chi connectivity index (χ1) is 7.93. The van der Waals surface area contributed by atoms with Crippen LogP contribution >= 0.6 is 34.8 Å². The van der Waals surface area contributed by atoms with E-state index in [1.165, 1.54) is 0 Å². The van der Waals surface area contributed by atoms with Gasteiger partial charge in [-0.25, -0.2) is 4.39 Å². The van der Waals surface area contributed by atoms with Crippen molar-refractivity contribution >= 4 is 40.7 Å². The lowest BCUT2D eigenvalue weighted by molar-refractivity contribution is -0.122. The van der Waals surface area contributed by atoms with Gasteiger partial charge in [0.2, 0.25) is 3.79 Å². The zero-order valence-electron chi connectivity index (χ0n) is 9.02. The largest absolute Gasteiger partial charge is 0.377 e. The van der Waals surface area contributed by atoms with Crippen molar-refractivity contribution < 1.29 is 13.9 Å². The lowest BCUT2D eigenvalue weighted by Gasteiger charge is -2.27. The number of hydrogen-bond donors (Lipinski definition) is 2. The zero-order valence-corrected chi connectivity index (χ0v) is 11.3. The van der Waals surface area contributed by atoms with E-state index in [0.717, 1.165) is 12.8 Å². The summed E-state index contributed by atoms with van der Waals surface area (Å²) in [6.45, 7) is -0.00832. The molecule has 0 bridgehead atoms. The van der Waals surface area contributed by atoms with Crippen molar-refractivity contribution in [2.24, 2.45) is 0 Å². The molecule has 1 fully saturated rings. The average Bonchev–Trinajstić information content (AvgIpc) is 2.74. The molecule has 0 unspecified atom stereocenters. The molecule has 4 nitrogen and oxygen atoms in total. The number of alkyl halides is 4. The number of amides is 1. The maximum atomic E-state index is 12.1. The highest BCUT2D eigenvalue weighted by molar-refractivity contribution is 6.68. The van der Waals surface area contributed by atoms with E-state index in [2.05, 4.69) is 10.6 Å². The SMILES string of the molecule is O=C(CF)N[C@@H](NC[C@H]1CCCO1)C(Cl)(Cl)Cl. The van der Waals surface area contributed by atoms with Gasteiger partial charge in [0, 0.05) is 13.2 Å². The minimum Gasteiger partial charge on any atom is -0.377 e. The normalized spacial score (nSPS) is 22.5. The lowest BCUT2D eigenvalue weighted by atomic mass is 10.2. The number of ether oxygens (including phenoxy) is 1. The Labute approximate surface area is 114 Å². The van der Waals surface area contributed by atoms with Crippen LogP contribution in [0.2, 0.25) is 0 Å². The molecule has 0 radical (unpaired) electrons. The molecule has 17 heavy (non-hydrogen) atoms. The summed E-state index contributed by atoms with van der Waals surface area (Å²) < 4.78 is 15.7. The molecule has 1 aliphatic rings. The molecule has 1 aliphatic heterocycles. The van der Waals surface area contributed by atoms with Crippen LogP contribution in [-0.2, 0) is 9.53 Å². The van der Waals surface area contributed by atoms with Gasteiger partial charge in [0.25, 0.3) is 5.91 Å². The summed E-state index contributed by atoms with van der Waals surface area (Å²) >= 11 is 17.0. The van der Waals surface area contributed by atoms with Crippen LogP contribution in [0.3, 0.4) is 0 Å². The molecular formula is C9H14Cl3FN2O2. The Morgan fingerprint density at radius 1 is 1.53 bits per heavy atom. The van der Waals surface area contributed by atoms with Crippen molar-refractivity contribution in [1.29, 1.82) is 0 Å². The smallest absolute Gasteiger partial charge is 0.252 e. The quantitative estimate of drug-likeness (QED) is 0.598. The molecule has 2 N–H and O–H groups in total. The molecule has 0 aromatic rings. The lowest BCUT2D eigenvalue weighted by Crippen LogP contribution is -2.55. The van der Waals surface area contributed by atoms with Crippen LogP contribution in [-0.4, -0.2) is 41.8 Å². The minimum atomic E-state index is -1.75. The van der Waals surface area contributed by atoms with E-state index in [1.54, 1.807) is 0 Å². The second-order valence-electron chi connectivity index (χ2n) is 3.72. The third-order valence-electron chi connectivity index (χ3n) is 2.33. The van der Waals surface area contributed by atoms with Crippen LogP contribution in [0.15, 0.2) is 0 Å². The summed E-state index contributed by atoms with van der Waals surface area (Å²) in [4.78, 5) is 10.9. The number of nitrogens with one attached hydrogen (secondary N) is 2. The number of rotatable bonds is 5. The predicted octanol–water partition coefficient (Wildman–Crippen LogP) is 1.54. The summed E-state index contributed by atoms with van der Waals surface area (Å²) in [6.07, 6.45) is 0.991. The van der Waals surface area contributed by atoms with Crippen molar-refractivity contribution in [2.75, 3.05) is 19.8 Å². The first-order valence-corrected chi connectivity index (χ1v) is 6.34. The van der Waals surface area contributed by atoms with Crippen LogP contribution < -0.4 is 10.6 Å². The zero-order chi connectivity index (χ0) is 12.9. The Balaban J connectivity index is 2.42. The molecule has 0 spiro atoms. The van der Waals surface area contributed by atoms with E-state index < -0.39 is 22.5 Å². The maximum Gasteiger partial charge on any atom is 0.252 e. The number of carbonyl (C=O) groups excluding carboxylic acids is 1. The fourth-order valence-electron chi connectivity index (χ4n) is 1.50. The first-order valence-electron chi connectivity index (χ1n) is 5.20. The van der Waals surface area contributed by atoms with Crippen LogP contribution in [0.5, 0.6) is 0 Å². The molecular weight excluding hydrogens is 293 g/mol. The Bertz CT molecular complexity index is 257. The van der Waals surface area contributed by atoms with Gasteiger partial charge in [-0.3, -0.25) is 10.1 Å². The second kappa shape index (κ2) is 6.95. The number of carbonyl (C=O) groups is 1. The van der Waals surface area contributed by atoms with Crippen molar-refractivity contribution in [3.8, 4) is 0 Å². The summed E-state index contributed by atoms with van der Waals surface area (Å²) in [5, 5.41) is 5.10. The number of halogens is 4.